The van der Waals surface area contributed by atoms with E-state index in [1.807, 2.05) is 0 Å². The van der Waals surface area contributed by atoms with E-state index in [4.69, 9.17) is 5.73 Å². The Kier molecular flexibility index (Phi) is 4.84. The molecule has 2 heterocycles. The highest BCUT2D eigenvalue weighted by Crippen LogP contribution is 2.36. The molecule has 0 radical (unpaired) electrons. The Morgan fingerprint density at radius 2 is 2.23 bits per heavy atom. The van der Waals surface area contributed by atoms with Gasteiger partial charge in [-0.3, -0.25) is 10.1 Å². The standard InChI is InChI=1S/C13H17F3N4O2/c14-13(15,16)12-6-10(11(7-18-12)20(21)22)19-5-1-2-9(8-19)3-4-17/h6-7,9H,1-5,8,17H2. The lowest BCUT2D eigenvalue weighted by Gasteiger charge is -2.34. The van der Waals surface area contributed by atoms with E-state index in [9.17, 15) is 23.3 Å². The summed E-state index contributed by atoms with van der Waals surface area (Å²) >= 11 is 0. The fourth-order valence-corrected chi connectivity index (χ4v) is 2.74. The predicted octanol–water partition coefficient (Wildman–Crippen LogP) is 2.57. The zero-order valence-electron chi connectivity index (χ0n) is 11.8. The number of rotatable bonds is 4. The molecule has 1 aliphatic rings. The number of pyridine rings is 1. The molecule has 0 aliphatic carbocycles. The largest absolute Gasteiger partial charge is 0.433 e. The van der Waals surface area contributed by atoms with E-state index < -0.39 is 22.5 Å². The molecule has 1 aliphatic heterocycles. The van der Waals surface area contributed by atoms with E-state index in [1.165, 1.54) is 0 Å². The van der Waals surface area contributed by atoms with Crippen molar-refractivity contribution in [2.24, 2.45) is 11.7 Å². The van der Waals surface area contributed by atoms with Crippen molar-refractivity contribution in [1.29, 1.82) is 0 Å². The third-order valence-electron chi connectivity index (χ3n) is 3.78. The van der Waals surface area contributed by atoms with Crippen LogP contribution < -0.4 is 10.6 Å². The Bertz CT molecular complexity index is 549. The molecule has 6 nitrogen and oxygen atoms in total. The van der Waals surface area contributed by atoms with Crippen molar-refractivity contribution in [1.82, 2.24) is 4.98 Å². The van der Waals surface area contributed by atoms with E-state index in [2.05, 4.69) is 4.98 Å². The summed E-state index contributed by atoms with van der Waals surface area (Å²) in [6.07, 6.45) is -1.49. The lowest BCUT2D eigenvalue weighted by molar-refractivity contribution is -0.384. The normalized spacial score (nSPS) is 19.3. The lowest BCUT2D eigenvalue weighted by atomic mass is 9.94. The van der Waals surface area contributed by atoms with Crippen LogP contribution in [0.15, 0.2) is 12.3 Å². The number of nitrogens with zero attached hydrogens (tertiary/aromatic N) is 3. The van der Waals surface area contributed by atoms with Crippen LogP contribution in [-0.4, -0.2) is 29.5 Å². The van der Waals surface area contributed by atoms with Gasteiger partial charge in [0.05, 0.1) is 4.92 Å². The van der Waals surface area contributed by atoms with Crippen LogP contribution in [-0.2, 0) is 6.18 Å². The second kappa shape index (κ2) is 6.47. The zero-order valence-corrected chi connectivity index (χ0v) is 11.8. The van der Waals surface area contributed by atoms with Gasteiger partial charge in [-0.05, 0) is 37.8 Å². The van der Waals surface area contributed by atoms with Crippen LogP contribution in [0.25, 0.3) is 0 Å². The van der Waals surface area contributed by atoms with Gasteiger partial charge in [-0.15, -0.1) is 0 Å². The number of nitro groups is 1. The maximum absolute atomic E-state index is 12.8. The predicted molar refractivity (Wildman–Crippen MR) is 74.5 cm³/mol. The molecule has 1 saturated heterocycles. The first kappa shape index (κ1) is 16.5. The molecule has 0 saturated carbocycles. The van der Waals surface area contributed by atoms with Crippen molar-refractivity contribution >= 4 is 11.4 Å². The SMILES string of the molecule is NCCC1CCCN(c2cc(C(F)(F)F)ncc2[N+](=O)[O-])C1. The molecule has 0 amide bonds. The van der Waals surface area contributed by atoms with Gasteiger partial charge in [0, 0.05) is 13.1 Å². The number of halogens is 3. The van der Waals surface area contributed by atoms with Crippen molar-refractivity contribution in [2.75, 3.05) is 24.5 Å². The molecule has 2 rings (SSSR count). The summed E-state index contributed by atoms with van der Waals surface area (Å²) in [5.74, 6) is 0.237. The number of anilines is 1. The smallest absolute Gasteiger partial charge is 0.366 e. The number of hydrogen-bond donors (Lipinski definition) is 1. The third-order valence-corrected chi connectivity index (χ3v) is 3.78. The Balaban J connectivity index is 2.36. The Morgan fingerprint density at radius 1 is 1.50 bits per heavy atom. The molecule has 0 bridgehead atoms. The summed E-state index contributed by atoms with van der Waals surface area (Å²) in [5, 5.41) is 11.1. The summed E-state index contributed by atoms with van der Waals surface area (Å²) in [4.78, 5) is 15.2. The van der Waals surface area contributed by atoms with Gasteiger partial charge in [0.15, 0.2) is 0 Å². The Morgan fingerprint density at radius 3 is 2.82 bits per heavy atom. The first-order chi connectivity index (χ1) is 10.3. The minimum Gasteiger partial charge on any atom is -0.366 e. The van der Waals surface area contributed by atoms with Crippen LogP contribution in [0.4, 0.5) is 24.5 Å². The second-order valence-electron chi connectivity index (χ2n) is 5.34. The second-order valence-corrected chi connectivity index (χ2v) is 5.34. The van der Waals surface area contributed by atoms with Gasteiger partial charge in [-0.25, -0.2) is 4.98 Å². The minimum absolute atomic E-state index is 0.0194. The molecule has 22 heavy (non-hydrogen) atoms. The van der Waals surface area contributed by atoms with Crippen LogP contribution >= 0.6 is 0 Å². The van der Waals surface area contributed by atoms with Gasteiger partial charge in [-0.2, -0.15) is 13.2 Å². The molecule has 1 fully saturated rings. The third kappa shape index (κ3) is 3.65. The van der Waals surface area contributed by atoms with Gasteiger partial charge < -0.3 is 10.6 Å². The number of alkyl halides is 3. The molecule has 122 valence electrons. The molecule has 0 spiro atoms. The van der Waals surface area contributed by atoms with Crippen LogP contribution in [0, 0.1) is 16.0 Å². The summed E-state index contributed by atoms with van der Waals surface area (Å²) in [5.41, 5.74) is 3.98. The Hall–Kier alpha value is -1.90. The van der Waals surface area contributed by atoms with E-state index in [1.54, 1.807) is 4.90 Å². The molecular formula is C13H17F3N4O2. The summed E-state index contributed by atoms with van der Waals surface area (Å²) in [6.45, 7) is 1.45. The van der Waals surface area contributed by atoms with E-state index >= 15 is 0 Å². The van der Waals surface area contributed by atoms with Crippen molar-refractivity contribution in [3.8, 4) is 0 Å². The average molecular weight is 318 g/mol. The van der Waals surface area contributed by atoms with Crippen LogP contribution in [0.3, 0.4) is 0 Å². The molecule has 1 aromatic heterocycles. The number of nitrogens with two attached hydrogens (primary N) is 1. The summed E-state index contributed by atoms with van der Waals surface area (Å²) < 4.78 is 38.4. The highest BCUT2D eigenvalue weighted by molar-refractivity contribution is 5.63. The number of piperidine rings is 1. The monoisotopic (exact) mass is 318 g/mol. The van der Waals surface area contributed by atoms with Crippen LogP contribution in [0.1, 0.15) is 25.0 Å². The van der Waals surface area contributed by atoms with E-state index in [-0.39, 0.29) is 11.6 Å². The first-order valence-corrected chi connectivity index (χ1v) is 6.99. The maximum Gasteiger partial charge on any atom is 0.433 e. The topological polar surface area (TPSA) is 85.3 Å². The lowest BCUT2D eigenvalue weighted by Crippen LogP contribution is -2.36. The number of hydrogen-bond acceptors (Lipinski definition) is 5. The van der Waals surface area contributed by atoms with Crippen molar-refractivity contribution in [2.45, 2.75) is 25.4 Å². The van der Waals surface area contributed by atoms with Crippen molar-refractivity contribution in [3.05, 3.63) is 28.1 Å². The average Bonchev–Trinajstić information content (AvgIpc) is 2.46. The molecule has 1 atom stereocenters. The zero-order chi connectivity index (χ0) is 16.3. The van der Waals surface area contributed by atoms with Crippen LogP contribution in [0.5, 0.6) is 0 Å². The van der Waals surface area contributed by atoms with Gasteiger partial charge in [-0.1, -0.05) is 0 Å². The van der Waals surface area contributed by atoms with Crippen LogP contribution in [0.2, 0.25) is 0 Å². The van der Waals surface area contributed by atoms with Crippen molar-refractivity contribution < 1.29 is 18.1 Å². The molecule has 0 aromatic carbocycles. The Labute approximate surface area is 125 Å². The van der Waals surface area contributed by atoms with E-state index in [0.717, 1.165) is 25.3 Å². The highest BCUT2D eigenvalue weighted by atomic mass is 19.4. The molecular weight excluding hydrogens is 301 g/mol. The summed E-state index contributed by atoms with van der Waals surface area (Å²) in [6, 6.07) is 0.767. The molecule has 2 N–H and O–H groups in total. The summed E-state index contributed by atoms with van der Waals surface area (Å²) in [7, 11) is 0. The van der Waals surface area contributed by atoms with Gasteiger partial charge in [0.1, 0.15) is 17.6 Å². The fourth-order valence-electron chi connectivity index (χ4n) is 2.74. The molecule has 1 aromatic rings. The van der Waals surface area contributed by atoms with Gasteiger partial charge >= 0.3 is 11.9 Å². The first-order valence-electron chi connectivity index (χ1n) is 6.99. The maximum atomic E-state index is 12.8. The molecule has 1 unspecified atom stereocenters. The highest BCUT2D eigenvalue weighted by Gasteiger charge is 2.35. The fraction of sp³-hybridized carbons (Fsp3) is 0.615. The van der Waals surface area contributed by atoms with E-state index in [0.29, 0.717) is 25.8 Å². The molecule has 9 heteroatoms. The quantitative estimate of drug-likeness (QED) is 0.681. The minimum atomic E-state index is -4.63. The van der Waals surface area contributed by atoms with Gasteiger partial charge in [0.25, 0.3) is 0 Å². The van der Waals surface area contributed by atoms with Gasteiger partial charge in [0.2, 0.25) is 0 Å². The number of aromatic nitrogens is 1. The van der Waals surface area contributed by atoms with Crippen molar-refractivity contribution in [3.63, 3.8) is 0 Å².